The number of hydrogen-bond donors (Lipinski definition) is 1. The Morgan fingerprint density at radius 3 is 3.11 bits per heavy atom. The van der Waals surface area contributed by atoms with E-state index in [4.69, 9.17) is 9.47 Å². The van der Waals surface area contributed by atoms with Crippen molar-refractivity contribution in [2.24, 2.45) is 5.92 Å². The highest BCUT2D eigenvalue weighted by Gasteiger charge is 2.18. The van der Waals surface area contributed by atoms with Crippen molar-refractivity contribution in [2.45, 2.75) is 12.8 Å². The molecule has 2 heterocycles. The summed E-state index contributed by atoms with van der Waals surface area (Å²) in [4.78, 5) is 14.5. The number of aromatic nitrogens is 1. The van der Waals surface area contributed by atoms with Gasteiger partial charge < -0.3 is 14.8 Å². The van der Waals surface area contributed by atoms with Crippen molar-refractivity contribution < 1.29 is 14.4 Å². The molecule has 0 spiro atoms. The van der Waals surface area contributed by atoms with Crippen LogP contribution < -0.4 is 10.1 Å². The first-order chi connectivity index (χ1) is 9.20. The fourth-order valence-electron chi connectivity index (χ4n) is 2.03. The van der Waals surface area contributed by atoms with E-state index in [0.717, 1.165) is 26.1 Å². The quantitative estimate of drug-likeness (QED) is 0.625. The molecule has 7 heteroatoms. The van der Waals surface area contributed by atoms with Gasteiger partial charge in [-0.2, -0.15) is 4.98 Å². The Balaban J connectivity index is 1.98. The van der Waals surface area contributed by atoms with Gasteiger partial charge in [0.05, 0.1) is 12.0 Å². The van der Waals surface area contributed by atoms with Crippen LogP contribution in [0.5, 0.6) is 5.88 Å². The third-order valence-corrected chi connectivity index (χ3v) is 3.12. The summed E-state index contributed by atoms with van der Waals surface area (Å²) in [5.41, 5.74) is -0.0385. The maximum absolute atomic E-state index is 10.9. The lowest BCUT2D eigenvalue weighted by molar-refractivity contribution is -0.384. The van der Waals surface area contributed by atoms with Crippen LogP contribution >= 0.6 is 0 Å². The molecule has 0 radical (unpaired) electrons. The lowest BCUT2D eigenvalue weighted by Gasteiger charge is -2.10. The Bertz CT molecular complexity index is 447. The second kappa shape index (κ2) is 6.33. The molecule has 2 rings (SSSR count). The lowest BCUT2D eigenvalue weighted by Crippen LogP contribution is -2.11. The smallest absolute Gasteiger partial charge is 0.311 e. The molecular formula is C12H17N3O4. The van der Waals surface area contributed by atoms with Crippen LogP contribution in [0.1, 0.15) is 12.8 Å². The minimum atomic E-state index is -0.451. The van der Waals surface area contributed by atoms with Crippen LogP contribution in [0, 0.1) is 16.0 Å². The number of ether oxygens (including phenoxy) is 2. The number of nitrogens with one attached hydrogen (secondary N) is 1. The van der Waals surface area contributed by atoms with E-state index in [0.29, 0.717) is 18.3 Å². The summed E-state index contributed by atoms with van der Waals surface area (Å²) in [5, 5.41) is 13.9. The van der Waals surface area contributed by atoms with E-state index in [1.807, 2.05) is 0 Å². The minimum absolute atomic E-state index is 0.0385. The number of pyridine rings is 1. The van der Waals surface area contributed by atoms with Gasteiger partial charge in [-0.3, -0.25) is 10.1 Å². The van der Waals surface area contributed by atoms with Crippen molar-refractivity contribution in [1.29, 1.82) is 0 Å². The van der Waals surface area contributed by atoms with Gasteiger partial charge in [-0.1, -0.05) is 0 Å². The molecule has 0 amide bonds. The molecule has 0 aromatic carbocycles. The molecular weight excluding hydrogens is 250 g/mol. The molecule has 0 bridgehead atoms. The highest BCUT2D eigenvalue weighted by atomic mass is 16.6. The van der Waals surface area contributed by atoms with Crippen molar-refractivity contribution in [1.82, 2.24) is 4.98 Å². The van der Waals surface area contributed by atoms with E-state index in [9.17, 15) is 10.1 Å². The molecule has 1 aliphatic rings. The fraction of sp³-hybridized carbons (Fsp3) is 0.583. The molecule has 7 nitrogen and oxygen atoms in total. The number of nitro groups is 1. The van der Waals surface area contributed by atoms with Gasteiger partial charge in [-0.25, -0.2) is 0 Å². The highest BCUT2D eigenvalue weighted by Crippen LogP contribution is 2.25. The molecule has 1 unspecified atom stereocenters. The molecule has 1 N–H and O–H groups in total. The van der Waals surface area contributed by atoms with Gasteiger partial charge in [0.25, 0.3) is 0 Å². The minimum Gasteiger partial charge on any atom is -0.481 e. The Morgan fingerprint density at radius 1 is 1.63 bits per heavy atom. The largest absolute Gasteiger partial charge is 0.481 e. The molecule has 1 aliphatic heterocycles. The van der Waals surface area contributed by atoms with E-state index >= 15 is 0 Å². The monoisotopic (exact) mass is 267 g/mol. The molecule has 104 valence electrons. The highest BCUT2D eigenvalue weighted by molar-refractivity contribution is 5.56. The zero-order valence-corrected chi connectivity index (χ0v) is 10.8. The summed E-state index contributed by atoms with van der Waals surface area (Å²) >= 11 is 0. The Labute approximate surface area is 111 Å². The molecule has 1 aromatic heterocycles. The Kier molecular flexibility index (Phi) is 4.51. The van der Waals surface area contributed by atoms with Gasteiger partial charge in [-0.15, -0.1) is 0 Å². The van der Waals surface area contributed by atoms with Gasteiger partial charge in [0.1, 0.15) is 0 Å². The zero-order valence-electron chi connectivity index (χ0n) is 10.8. The van der Waals surface area contributed by atoms with E-state index in [1.54, 1.807) is 0 Å². The predicted octanol–water partition coefficient (Wildman–Crippen LogP) is 1.84. The van der Waals surface area contributed by atoms with Crippen molar-refractivity contribution >= 4 is 11.5 Å². The van der Waals surface area contributed by atoms with E-state index in [2.05, 4.69) is 10.3 Å². The topological polar surface area (TPSA) is 86.5 Å². The number of hydrogen-bond acceptors (Lipinski definition) is 6. The van der Waals surface area contributed by atoms with Gasteiger partial charge in [0.15, 0.2) is 0 Å². The lowest BCUT2D eigenvalue weighted by atomic mass is 10.1. The first kappa shape index (κ1) is 13.5. The van der Waals surface area contributed by atoms with E-state index in [1.165, 1.54) is 19.2 Å². The van der Waals surface area contributed by atoms with Crippen LogP contribution in [-0.4, -0.2) is 36.8 Å². The van der Waals surface area contributed by atoms with Crippen LogP contribution in [0.15, 0.2) is 12.1 Å². The number of rotatable bonds is 6. The van der Waals surface area contributed by atoms with E-state index in [-0.39, 0.29) is 11.5 Å². The van der Waals surface area contributed by atoms with Crippen LogP contribution in [0.3, 0.4) is 0 Å². The predicted molar refractivity (Wildman–Crippen MR) is 69.5 cm³/mol. The summed E-state index contributed by atoms with van der Waals surface area (Å²) < 4.78 is 10.3. The van der Waals surface area contributed by atoms with Gasteiger partial charge >= 0.3 is 5.69 Å². The van der Waals surface area contributed by atoms with Crippen molar-refractivity contribution in [2.75, 3.05) is 32.2 Å². The second-order valence-electron chi connectivity index (χ2n) is 4.42. The summed E-state index contributed by atoms with van der Waals surface area (Å²) in [7, 11) is 1.48. The van der Waals surface area contributed by atoms with Crippen LogP contribution in [0.4, 0.5) is 11.5 Å². The summed E-state index contributed by atoms with van der Waals surface area (Å²) in [5.74, 6) is 1.14. The third kappa shape index (κ3) is 3.54. The molecule has 19 heavy (non-hydrogen) atoms. The standard InChI is InChI=1S/C12H17N3O4/c1-18-11-3-2-10(15(16)17)12(14-11)13-6-4-9-5-7-19-8-9/h2-3,9H,4-8H2,1H3,(H,13,14). The summed E-state index contributed by atoms with van der Waals surface area (Å²) in [6.07, 6.45) is 1.96. The average molecular weight is 267 g/mol. The molecule has 0 aliphatic carbocycles. The average Bonchev–Trinajstić information content (AvgIpc) is 2.91. The number of nitrogens with zero attached hydrogens (tertiary/aromatic N) is 2. The van der Waals surface area contributed by atoms with Gasteiger partial charge in [0.2, 0.25) is 11.7 Å². The first-order valence-corrected chi connectivity index (χ1v) is 6.21. The Morgan fingerprint density at radius 2 is 2.47 bits per heavy atom. The zero-order chi connectivity index (χ0) is 13.7. The summed E-state index contributed by atoms with van der Waals surface area (Å²) in [6.45, 7) is 2.21. The van der Waals surface area contributed by atoms with Crippen LogP contribution in [0.2, 0.25) is 0 Å². The fourth-order valence-corrected chi connectivity index (χ4v) is 2.03. The molecule has 1 fully saturated rings. The second-order valence-corrected chi connectivity index (χ2v) is 4.42. The van der Waals surface area contributed by atoms with E-state index < -0.39 is 4.92 Å². The molecule has 1 aromatic rings. The maximum atomic E-state index is 10.9. The van der Waals surface area contributed by atoms with Crippen LogP contribution in [-0.2, 0) is 4.74 Å². The maximum Gasteiger partial charge on any atom is 0.311 e. The first-order valence-electron chi connectivity index (χ1n) is 6.21. The molecule has 0 saturated carbocycles. The normalized spacial score (nSPS) is 18.3. The van der Waals surface area contributed by atoms with Crippen molar-refractivity contribution in [3.05, 3.63) is 22.2 Å². The van der Waals surface area contributed by atoms with Gasteiger partial charge in [-0.05, 0) is 18.8 Å². The SMILES string of the molecule is COc1ccc([N+](=O)[O-])c(NCCC2CCOC2)n1. The van der Waals surface area contributed by atoms with Crippen LogP contribution in [0.25, 0.3) is 0 Å². The number of methoxy groups -OCH3 is 1. The third-order valence-electron chi connectivity index (χ3n) is 3.12. The Hall–Kier alpha value is -1.89. The van der Waals surface area contributed by atoms with Gasteiger partial charge in [0, 0.05) is 31.9 Å². The van der Waals surface area contributed by atoms with Crippen molar-refractivity contribution in [3.63, 3.8) is 0 Å². The molecule has 1 saturated heterocycles. The number of anilines is 1. The van der Waals surface area contributed by atoms with Crippen molar-refractivity contribution in [3.8, 4) is 5.88 Å². The summed E-state index contributed by atoms with van der Waals surface area (Å²) in [6, 6.07) is 2.88. The molecule has 1 atom stereocenters.